The van der Waals surface area contributed by atoms with Gasteiger partial charge < -0.3 is 5.32 Å². The van der Waals surface area contributed by atoms with Gasteiger partial charge >= 0.3 is 0 Å². The third-order valence-corrected chi connectivity index (χ3v) is 5.45. The Labute approximate surface area is 126 Å². The van der Waals surface area contributed by atoms with Gasteiger partial charge in [-0.2, -0.15) is 0 Å². The minimum Gasteiger partial charge on any atom is -0.313 e. The molecule has 0 saturated carbocycles. The Bertz CT molecular complexity index is 536. The predicted molar refractivity (Wildman–Crippen MR) is 86.3 cm³/mol. The van der Waals surface area contributed by atoms with Crippen molar-refractivity contribution in [3.05, 3.63) is 49.0 Å². The van der Waals surface area contributed by atoms with Crippen molar-refractivity contribution in [1.82, 2.24) is 10.3 Å². The Kier molecular flexibility index (Phi) is 4.75. The van der Waals surface area contributed by atoms with E-state index >= 15 is 0 Å². The van der Waals surface area contributed by atoms with Crippen molar-refractivity contribution in [2.75, 3.05) is 7.05 Å². The predicted octanol–water partition coefficient (Wildman–Crippen LogP) is 3.87. The molecule has 1 heterocycles. The lowest BCUT2D eigenvalue weighted by Gasteiger charge is -2.18. The van der Waals surface area contributed by atoms with Gasteiger partial charge in [0, 0.05) is 27.1 Å². The van der Waals surface area contributed by atoms with Gasteiger partial charge in [-0.05, 0) is 54.6 Å². The molecule has 0 fully saturated rings. The number of aryl methyl sites for hydroxylation is 2. The van der Waals surface area contributed by atoms with Crippen LogP contribution in [0.3, 0.4) is 0 Å². The number of nitrogens with zero attached hydrogens (tertiary/aromatic N) is 1. The van der Waals surface area contributed by atoms with E-state index in [0.29, 0.717) is 6.04 Å². The molecule has 0 spiro atoms. The van der Waals surface area contributed by atoms with Gasteiger partial charge in [0.25, 0.3) is 0 Å². The van der Waals surface area contributed by atoms with Gasteiger partial charge in [0.15, 0.2) is 0 Å². The van der Waals surface area contributed by atoms with Gasteiger partial charge in [-0.25, -0.2) is 4.98 Å². The molecule has 0 saturated heterocycles. The SMILES string of the molecule is CNC(Cc1nc(C)cs1)c1cccc(C)c1I. The minimum absolute atomic E-state index is 0.336. The van der Waals surface area contributed by atoms with Crippen molar-refractivity contribution in [3.8, 4) is 0 Å². The third-order valence-electron chi connectivity index (χ3n) is 2.99. The Morgan fingerprint density at radius 1 is 1.39 bits per heavy atom. The molecule has 0 aliphatic carbocycles. The maximum absolute atomic E-state index is 4.55. The molecule has 96 valence electrons. The van der Waals surface area contributed by atoms with Crippen LogP contribution in [0.2, 0.25) is 0 Å². The Morgan fingerprint density at radius 3 is 2.78 bits per heavy atom. The summed E-state index contributed by atoms with van der Waals surface area (Å²) in [6.07, 6.45) is 0.953. The molecule has 1 aromatic carbocycles. The number of halogens is 1. The van der Waals surface area contributed by atoms with Crippen LogP contribution in [-0.4, -0.2) is 12.0 Å². The van der Waals surface area contributed by atoms with Crippen molar-refractivity contribution < 1.29 is 0 Å². The molecule has 18 heavy (non-hydrogen) atoms. The molecule has 2 nitrogen and oxygen atoms in total. The zero-order valence-electron chi connectivity index (χ0n) is 10.8. The second-order valence-corrected chi connectivity index (χ2v) is 6.43. The van der Waals surface area contributed by atoms with Crippen molar-refractivity contribution in [1.29, 1.82) is 0 Å². The van der Waals surface area contributed by atoms with E-state index in [1.807, 2.05) is 14.0 Å². The van der Waals surface area contributed by atoms with Crippen LogP contribution in [0.1, 0.15) is 27.9 Å². The van der Waals surface area contributed by atoms with Crippen LogP contribution in [-0.2, 0) is 6.42 Å². The van der Waals surface area contributed by atoms with Crippen LogP contribution in [0.15, 0.2) is 23.6 Å². The molecule has 4 heteroatoms. The molecule has 0 radical (unpaired) electrons. The van der Waals surface area contributed by atoms with Crippen molar-refractivity contribution >= 4 is 33.9 Å². The summed E-state index contributed by atoms with van der Waals surface area (Å²) >= 11 is 4.18. The Balaban J connectivity index is 2.25. The molecule has 0 aliphatic rings. The first kappa shape index (κ1) is 14.0. The second kappa shape index (κ2) is 6.12. The second-order valence-electron chi connectivity index (χ2n) is 4.41. The molecule has 1 N–H and O–H groups in total. The topological polar surface area (TPSA) is 24.9 Å². The number of aromatic nitrogens is 1. The number of thiazole rings is 1. The summed E-state index contributed by atoms with van der Waals surface area (Å²) in [6, 6.07) is 6.83. The number of likely N-dealkylation sites (N-methyl/N-ethyl adjacent to an activating group) is 1. The van der Waals surface area contributed by atoms with E-state index in [1.54, 1.807) is 11.3 Å². The number of benzene rings is 1. The van der Waals surface area contributed by atoms with Crippen LogP contribution in [0, 0.1) is 17.4 Å². The van der Waals surface area contributed by atoms with E-state index in [2.05, 4.69) is 63.4 Å². The number of hydrogen-bond donors (Lipinski definition) is 1. The van der Waals surface area contributed by atoms with Crippen molar-refractivity contribution in [2.45, 2.75) is 26.3 Å². The lowest BCUT2D eigenvalue weighted by Crippen LogP contribution is -2.20. The smallest absolute Gasteiger partial charge is 0.0947 e. The summed E-state index contributed by atoms with van der Waals surface area (Å²) in [5.74, 6) is 0. The fraction of sp³-hybridized carbons (Fsp3) is 0.357. The van der Waals surface area contributed by atoms with Crippen LogP contribution in [0.25, 0.3) is 0 Å². The van der Waals surface area contributed by atoms with Gasteiger partial charge in [-0.15, -0.1) is 11.3 Å². The monoisotopic (exact) mass is 372 g/mol. The van der Waals surface area contributed by atoms with Crippen LogP contribution >= 0.6 is 33.9 Å². The first-order valence-corrected chi connectivity index (χ1v) is 7.91. The van der Waals surface area contributed by atoms with E-state index in [9.17, 15) is 0 Å². The van der Waals surface area contributed by atoms with Gasteiger partial charge in [0.1, 0.15) is 0 Å². The summed E-state index contributed by atoms with van der Waals surface area (Å²) in [5.41, 5.74) is 3.82. The Morgan fingerprint density at radius 2 is 2.17 bits per heavy atom. The van der Waals surface area contributed by atoms with Gasteiger partial charge in [-0.1, -0.05) is 18.2 Å². The van der Waals surface area contributed by atoms with E-state index in [0.717, 1.165) is 12.1 Å². The van der Waals surface area contributed by atoms with Crippen LogP contribution < -0.4 is 5.32 Å². The highest BCUT2D eigenvalue weighted by molar-refractivity contribution is 14.1. The normalized spacial score (nSPS) is 12.7. The fourth-order valence-corrected chi connectivity index (χ4v) is 3.53. The largest absolute Gasteiger partial charge is 0.313 e. The first-order chi connectivity index (χ1) is 8.61. The molecule has 1 atom stereocenters. The molecule has 2 aromatic rings. The first-order valence-electron chi connectivity index (χ1n) is 5.95. The number of rotatable bonds is 4. The molecule has 0 aliphatic heterocycles. The van der Waals surface area contributed by atoms with Gasteiger partial charge in [0.05, 0.1) is 5.01 Å². The Hall–Kier alpha value is -0.460. The highest BCUT2D eigenvalue weighted by Gasteiger charge is 2.15. The summed E-state index contributed by atoms with van der Waals surface area (Å²) < 4.78 is 1.35. The molecule has 0 bridgehead atoms. The molecule has 1 aromatic heterocycles. The van der Waals surface area contributed by atoms with Gasteiger partial charge in [-0.3, -0.25) is 0 Å². The average molecular weight is 372 g/mol. The van der Waals surface area contributed by atoms with Crippen LogP contribution in [0.4, 0.5) is 0 Å². The number of nitrogens with one attached hydrogen (secondary N) is 1. The highest BCUT2D eigenvalue weighted by Crippen LogP contribution is 2.26. The zero-order valence-corrected chi connectivity index (χ0v) is 13.8. The molecular weight excluding hydrogens is 355 g/mol. The van der Waals surface area contributed by atoms with E-state index in [1.165, 1.54) is 19.7 Å². The van der Waals surface area contributed by atoms with Gasteiger partial charge in [0.2, 0.25) is 0 Å². The third kappa shape index (κ3) is 3.10. The maximum Gasteiger partial charge on any atom is 0.0947 e. The standard InChI is InChI=1S/C14H17IN2S/c1-9-5-4-6-11(14(9)15)12(16-3)7-13-17-10(2)8-18-13/h4-6,8,12,16H,7H2,1-3H3. The molecule has 2 rings (SSSR count). The average Bonchev–Trinajstić information content (AvgIpc) is 2.76. The zero-order chi connectivity index (χ0) is 13.1. The molecule has 1 unspecified atom stereocenters. The maximum atomic E-state index is 4.55. The van der Waals surface area contributed by atoms with Crippen molar-refractivity contribution in [3.63, 3.8) is 0 Å². The summed E-state index contributed by atoms with van der Waals surface area (Å²) in [4.78, 5) is 4.55. The van der Waals surface area contributed by atoms with E-state index in [-0.39, 0.29) is 0 Å². The number of hydrogen-bond acceptors (Lipinski definition) is 3. The highest BCUT2D eigenvalue weighted by atomic mass is 127. The quantitative estimate of drug-likeness (QED) is 0.825. The summed E-state index contributed by atoms with van der Waals surface area (Å²) in [5, 5.41) is 6.72. The fourth-order valence-electron chi connectivity index (χ4n) is 1.98. The van der Waals surface area contributed by atoms with E-state index in [4.69, 9.17) is 0 Å². The lowest BCUT2D eigenvalue weighted by molar-refractivity contribution is 0.587. The minimum atomic E-state index is 0.336. The summed E-state index contributed by atoms with van der Waals surface area (Å²) in [6.45, 7) is 4.20. The lowest BCUT2D eigenvalue weighted by atomic mass is 10.0. The van der Waals surface area contributed by atoms with E-state index < -0.39 is 0 Å². The molecular formula is C14H17IN2S. The van der Waals surface area contributed by atoms with Crippen molar-refractivity contribution in [2.24, 2.45) is 0 Å². The molecule has 0 amide bonds. The summed E-state index contributed by atoms with van der Waals surface area (Å²) in [7, 11) is 2.02. The van der Waals surface area contributed by atoms with Crippen LogP contribution in [0.5, 0.6) is 0 Å².